The highest BCUT2D eigenvalue weighted by atomic mass is 35.5. The third kappa shape index (κ3) is 3.71. The second-order valence-electron chi connectivity index (χ2n) is 4.65. The Morgan fingerprint density at radius 1 is 1.35 bits per heavy atom. The Bertz CT molecular complexity index is 598. The molecule has 0 spiro atoms. The zero-order valence-electron chi connectivity index (χ0n) is 11.1. The first-order valence-electron chi connectivity index (χ1n) is 6.32. The third-order valence-corrected chi connectivity index (χ3v) is 3.32. The van der Waals surface area contributed by atoms with Crippen molar-refractivity contribution in [2.75, 3.05) is 11.1 Å². The van der Waals surface area contributed by atoms with Crippen molar-refractivity contribution in [2.45, 2.75) is 19.3 Å². The van der Waals surface area contributed by atoms with Crippen LogP contribution in [0, 0.1) is 0 Å². The van der Waals surface area contributed by atoms with Crippen LogP contribution in [0.4, 0.5) is 11.5 Å². The number of nitrogens with two attached hydrogens (primary N) is 1. The molecule has 1 heterocycles. The number of nitrogens with one attached hydrogen (secondary N) is 1. The molecule has 2 rings (SSSR count). The molecule has 0 fully saturated rings. The maximum absolute atomic E-state index is 12.0. The number of halogens is 1. The average Bonchev–Trinajstić information content (AvgIpc) is 2.42. The summed E-state index contributed by atoms with van der Waals surface area (Å²) in [6.45, 7) is 1.99. The summed E-state index contributed by atoms with van der Waals surface area (Å²) >= 11 is 5.95. The summed E-state index contributed by atoms with van der Waals surface area (Å²) in [7, 11) is 0. The number of nitrogen functional groups attached to an aromatic ring is 1. The molecule has 1 aromatic carbocycles. The number of hydrogen-bond acceptors (Lipinski definition) is 3. The summed E-state index contributed by atoms with van der Waals surface area (Å²) in [4.78, 5) is 16.0. The fourth-order valence-electron chi connectivity index (χ4n) is 1.88. The number of rotatable bonds is 4. The van der Waals surface area contributed by atoms with Gasteiger partial charge in [-0.15, -0.1) is 0 Å². The van der Waals surface area contributed by atoms with Gasteiger partial charge in [-0.25, -0.2) is 4.98 Å². The molecular weight excluding hydrogens is 274 g/mol. The van der Waals surface area contributed by atoms with Gasteiger partial charge in [0, 0.05) is 18.3 Å². The van der Waals surface area contributed by atoms with Crippen molar-refractivity contribution >= 4 is 29.0 Å². The number of benzene rings is 1. The molecule has 0 radical (unpaired) electrons. The van der Waals surface area contributed by atoms with Crippen LogP contribution in [0.25, 0.3) is 0 Å². The van der Waals surface area contributed by atoms with E-state index in [0.717, 1.165) is 5.56 Å². The van der Waals surface area contributed by atoms with Gasteiger partial charge in [0.1, 0.15) is 0 Å². The summed E-state index contributed by atoms with van der Waals surface area (Å²) < 4.78 is 0. The van der Waals surface area contributed by atoms with E-state index in [-0.39, 0.29) is 11.8 Å². The van der Waals surface area contributed by atoms with E-state index in [1.54, 1.807) is 18.3 Å². The Labute approximate surface area is 123 Å². The normalized spacial score (nSPS) is 11.9. The SMILES string of the molecule is CC(CC(=O)Nc1ncccc1Cl)c1ccc(N)cc1. The van der Waals surface area contributed by atoms with E-state index < -0.39 is 0 Å². The molecular formula is C15H16ClN3O. The topological polar surface area (TPSA) is 68.0 Å². The molecule has 4 nitrogen and oxygen atoms in total. The van der Waals surface area contributed by atoms with Crippen molar-refractivity contribution in [1.82, 2.24) is 4.98 Å². The van der Waals surface area contributed by atoms with Crippen molar-refractivity contribution in [2.24, 2.45) is 0 Å². The number of hydrogen-bond donors (Lipinski definition) is 2. The molecule has 0 bridgehead atoms. The smallest absolute Gasteiger partial charge is 0.226 e. The van der Waals surface area contributed by atoms with Crippen LogP contribution in [-0.4, -0.2) is 10.9 Å². The maximum Gasteiger partial charge on any atom is 0.226 e. The number of carbonyl (C=O) groups is 1. The lowest BCUT2D eigenvalue weighted by atomic mass is 9.97. The van der Waals surface area contributed by atoms with Crippen LogP contribution < -0.4 is 11.1 Å². The predicted octanol–water partition coefficient (Wildman–Crippen LogP) is 3.45. The van der Waals surface area contributed by atoms with Gasteiger partial charge >= 0.3 is 0 Å². The number of anilines is 2. The fourth-order valence-corrected chi connectivity index (χ4v) is 2.05. The molecule has 0 aliphatic carbocycles. The molecule has 1 atom stereocenters. The van der Waals surface area contributed by atoms with Gasteiger partial charge in [-0.3, -0.25) is 4.79 Å². The zero-order chi connectivity index (χ0) is 14.5. The Hall–Kier alpha value is -2.07. The molecule has 3 N–H and O–H groups in total. The fraction of sp³-hybridized carbons (Fsp3) is 0.200. The Balaban J connectivity index is 1.98. The first kappa shape index (κ1) is 14.3. The van der Waals surface area contributed by atoms with E-state index in [9.17, 15) is 4.79 Å². The van der Waals surface area contributed by atoms with Crippen molar-refractivity contribution in [3.05, 3.63) is 53.2 Å². The van der Waals surface area contributed by atoms with Crippen LogP contribution >= 0.6 is 11.6 Å². The summed E-state index contributed by atoms with van der Waals surface area (Å²) in [6.07, 6.45) is 1.95. The number of nitrogens with zero attached hydrogens (tertiary/aromatic N) is 1. The minimum Gasteiger partial charge on any atom is -0.399 e. The van der Waals surface area contributed by atoms with E-state index in [1.807, 2.05) is 31.2 Å². The predicted molar refractivity (Wildman–Crippen MR) is 81.8 cm³/mol. The highest BCUT2D eigenvalue weighted by Crippen LogP contribution is 2.22. The second kappa shape index (κ2) is 6.39. The van der Waals surface area contributed by atoms with Gasteiger partial charge in [0.15, 0.2) is 5.82 Å². The lowest BCUT2D eigenvalue weighted by Gasteiger charge is -2.12. The number of aromatic nitrogens is 1. The van der Waals surface area contributed by atoms with E-state index in [0.29, 0.717) is 22.9 Å². The van der Waals surface area contributed by atoms with E-state index in [1.165, 1.54) is 0 Å². The van der Waals surface area contributed by atoms with E-state index in [4.69, 9.17) is 17.3 Å². The molecule has 0 aliphatic rings. The van der Waals surface area contributed by atoms with E-state index >= 15 is 0 Å². The Kier molecular flexibility index (Phi) is 4.58. The van der Waals surface area contributed by atoms with Gasteiger partial charge in [0.25, 0.3) is 0 Å². The molecule has 2 aromatic rings. The van der Waals surface area contributed by atoms with Gasteiger partial charge in [-0.2, -0.15) is 0 Å². The average molecular weight is 290 g/mol. The second-order valence-corrected chi connectivity index (χ2v) is 5.06. The molecule has 0 aliphatic heterocycles. The molecule has 1 unspecified atom stereocenters. The Morgan fingerprint density at radius 3 is 2.70 bits per heavy atom. The lowest BCUT2D eigenvalue weighted by Crippen LogP contribution is -2.15. The quantitative estimate of drug-likeness (QED) is 0.847. The maximum atomic E-state index is 12.0. The van der Waals surface area contributed by atoms with Crippen molar-refractivity contribution in [3.63, 3.8) is 0 Å². The molecule has 104 valence electrons. The lowest BCUT2D eigenvalue weighted by molar-refractivity contribution is -0.116. The number of pyridine rings is 1. The Morgan fingerprint density at radius 2 is 2.05 bits per heavy atom. The molecule has 0 saturated carbocycles. The molecule has 1 amide bonds. The summed E-state index contributed by atoms with van der Waals surface area (Å²) in [6, 6.07) is 10.9. The van der Waals surface area contributed by atoms with Crippen molar-refractivity contribution in [1.29, 1.82) is 0 Å². The summed E-state index contributed by atoms with van der Waals surface area (Å²) in [5.74, 6) is 0.372. The van der Waals surface area contributed by atoms with Crippen molar-refractivity contribution < 1.29 is 4.79 Å². The minimum absolute atomic E-state index is 0.0955. The van der Waals surface area contributed by atoms with Gasteiger partial charge < -0.3 is 11.1 Å². The van der Waals surface area contributed by atoms with Gasteiger partial charge in [-0.05, 0) is 35.7 Å². The number of amides is 1. The molecule has 5 heteroatoms. The standard InChI is InChI=1S/C15H16ClN3O/c1-10(11-4-6-12(17)7-5-11)9-14(20)19-15-13(16)3-2-8-18-15/h2-8,10H,9,17H2,1H3,(H,18,19,20). The number of carbonyl (C=O) groups excluding carboxylic acids is 1. The van der Waals surface area contributed by atoms with Gasteiger partial charge in [-0.1, -0.05) is 30.7 Å². The van der Waals surface area contributed by atoms with Crippen LogP contribution in [0.2, 0.25) is 5.02 Å². The first-order chi connectivity index (χ1) is 9.56. The highest BCUT2D eigenvalue weighted by molar-refractivity contribution is 6.33. The van der Waals surface area contributed by atoms with Gasteiger partial charge in [0.05, 0.1) is 5.02 Å². The van der Waals surface area contributed by atoms with E-state index in [2.05, 4.69) is 10.3 Å². The van der Waals surface area contributed by atoms with Gasteiger partial charge in [0.2, 0.25) is 5.91 Å². The zero-order valence-corrected chi connectivity index (χ0v) is 11.9. The molecule has 1 aromatic heterocycles. The van der Waals surface area contributed by atoms with Crippen molar-refractivity contribution in [3.8, 4) is 0 Å². The third-order valence-electron chi connectivity index (χ3n) is 3.01. The summed E-state index contributed by atoms with van der Waals surface area (Å²) in [5, 5.41) is 3.15. The monoisotopic (exact) mass is 289 g/mol. The first-order valence-corrected chi connectivity index (χ1v) is 6.70. The largest absolute Gasteiger partial charge is 0.399 e. The summed E-state index contributed by atoms with van der Waals surface area (Å²) in [5.41, 5.74) is 7.43. The van der Waals surface area contributed by atoms with Crippen LogP contribution in [-0.2, 0) is 4.79 Å². The van der Waals surface area contributed by atoms with Crippen LogP contribution in [0.1, 0.15) is 24.8 Å². The minimum atomic E-state index is -0.116. The molecule has 0 saturated heterocycles. The van der Waals surface area contributed by atoms with Crippen LogP contribution in [0.3, 0.4) is 0 Å². The van der Waals surface area contributed by atoms with Crippen LogP contribution in [0.5, 0.6) is 0 Å². The molecule has 20 heavy (non-hydrogen) atoms. The highest BCUT2D eigenvalue weighted by Gasteiger charge is 2.13. The van der Waals surface area contributed by atoms with Crippen LogP contribution in [0.15, 0.2) is 42.6 Å².